The number of halogens is 1. The first-order chi connectivity index (χ1) is 19.1. The number of piperazine rings is 3. The van der Waals surface area contributed by atoms with Crippen LogP contribution in [-0.2, 0) is 0 Å². The molecule has 3 aliphatic rings. The summed E-state index contributed by atoms with van der Waals surface area (Å²) in [7, 11) is 4.32. The van der Waals surface area contributed by atoms with E-state index < -0.39 is 0 Å². The molecule has 0 unspecified atom stereocenters. The third-order valence-electron chi connectivity index (χ3n) is 6.54. The number of hydrogen-bond acceptors (Lipinski definition) is 9. The maximum atomic E-state index is 5.43. The van der Waals surface area contributed by atoms with E-state index in [-0.39, 0.29) is 22.3 Å². The van der Waals surface area contributed by atoms with Gasteiger partial charge in [0.25, 0.3) is 0 Å². The van der Waals surface area contributed by atoms with Crippen molar-refractivity contribution in [2.45, 2.75) is 22.3 Å². The Morgan fingerprint density at radius 1 is 0.524 bits per heavy atom. The molecule has 0 amide bonds. The molecule has 3 aromatic heterocycles. The van der Waals surface area contributed by atoms with E-state index in [4.69, 9.17) is 11.6 Å². The van der Waals surface area contributed by atoms with Crippen LogP contribution in [0.15, 0.2) is 73.2 Å². The van der Waals surface area contributed by atoms with Crippen molar-refractivity contribution in [1.82, 2.24) is 35.4 Å². The van der Waals surface area contributed by atoms with Gasteiger partial charge in [-0.1, -0.05) is 52.1 Å². The van der Waals surface area contributed by atoms with Crippen LogP contribution in [0.4, 0.5) is 11.6 Å². The van der Waals surface area contributed by atoms with Crippen molar-refractivity contribution in [1.29, 1.82) is 0 Å². The van der Waals surface area contributed by atoms with Gasteiger partial charge in [-0.25, -0.2) is 15.0 Å². The molecule has 6 rings (SSSR count). The van der Waals surface area contributed by atoms with Crippen LogP contribution in [-0.4, -0.2) is 117 Å². The highest BCUT2D eigenvalue weighted by Gasteiger charge is 2.14. The minimum atomic E-state index is 0. The van der Waals surface area contributed by atoms with Gasteiger partial charge in [0.05, 0.1) is 0 Å². The Labute approximate surface area is 261 Å². The van der Waals surface area contributed by atoms with Crippen molar-refractivity contribution in [3.05, 3.63) is 78.3 Å². The maximum absolute atomic E-state index is 5.43. The van der Waals surface area contributed by atoms with Crippen LogP contribution >= 0.6 is 11.6 Å². The number of aromatic nitrogens is 3. The van der Waals surface area contributed by atoms with E-state index in [2.05, 4.69) is 71.4 Å². The molecule has 0 spiro atoms. The zero-order valence-electron chi connectivity index (χ0n) is 23.4. The monoisotopic (exact) mass is 601 g/mol. The maximum Gasteiger partial charge on any atom is 0.129 e. The number of pyridine rings is 3. The van der Waals surface area contributed by atoms with Gasteiger partial charge in [0.15, 0.2) is 0 Å². The molecule has 0 bridgehead atoms. The molecule has 42 heavy (non-hydrogen) atoms. The fraction of sp³-hybridized carbons (Fsp3) is 0.531. The van der Waals surface area contributed by atoms with Crippen LogP contribution in [0.5, 0.6) is 0 Å². The zero-order valence-corrected chi connectivity index (χ0v) is 24.2. The summed E-state index contributed by atoms with van der Waals surface area (Å²) in [5.74, 6) is 2.20. The molecular weight excluding hydrogens is 546 g/mol. The summed E-state index contributed by atoms with van der Waals surface area (Å²) in [5, 5.41) is 7.13. The van der Waals surface area contributed by atoms with E-state index in [0.29, 0.717) is 5.15 Å². The highest BCUT2D eigenvalue weighted by Crippen LogP contribution is 2.11. The average molecular weight is 602 g/mol. The molecule has 0 atom stereocenters. The summed E-state index contributed by atoms with van der Waals surface area (Å²) in [6, 6.07) is 17.5. The standard InChI is InChI=1S/C10H15N3.C9H13N3.C5H4ClN.C5H12N2.3CH4/c1-12-6-8-13(9-7-12)10-4-2-3-5-11-10;1-2-4-11-9(3-1)12-7-5-10-6-8-12;6-5-3-1-2-4-7-5;1-7-4-2-6-3-5-7;;;/h2-5H,6-9H2,1H3;1-4,10H,5-8H2;1-4H;6H,2-5H2,1H3;3*1H4. The lowest BCUT2D eigenvalue weighted by Gasteiger charge is -2.33. The minimum Gasteiger partial charge on any atom is -0.354 e. The number of hydrogen-bond donors (Lipinski definition) is 2. The third-order valence-corrected chi connectivity index (χ3v) is 6.76. The molecule has 9 nitrogen and oxygen atoms in total. The quantitative estimate of drug-likeness (QED) is 0.413. The molecule has 3 fully saturated rings. The van der Waals surface area contributed by atoms with E-state index in [1.165, 1.54) is 13.1 Å². The molecule has 3 saturated heterocycles. The summed E-state index contributed by atoms with van der Waals surface area (Å²) in [4.78, 5) is 21.7. The van der Waals surface area contributed by atoms with Crippen LogP contribution in [0.3, 0.4) is 0 Å². The fourth-order valence-corrected chi connectivity index (χ4v) is 4.26. The number of nitrogens with one attached hydrogen (secondary N) is 2. The molecule has 3 aliphatic heterocycles. The normalized spacial score (nSPS) is 16.6. The van der Waals surface area contributed by atoms with Gasteiger partial charge in [0.2, 0.25) is 0 Å². The number of rotatable bonds is 2. The molecule has 2 N–H and O–H groups in total. The summed E-state index contributed by atoms with van der Waals surface area (Å²) >= 11 is 5.43. The first-order valence-corrected chi connectivity index (χ1v) is 14.2. The van der Waals surface area contributed by atoms with Gasteiger partial charge in [-0.3, -0.25) is 0 Å². The van der Waals surface area contributed by atoms with Gasteiger partial charge in [-0.05, 0) is 50.5 Å². The Hall–Kier alpha value is -2.82. The Morgan fingerprint density at radius 2 is 0.929 bits per heavy atom. The average Bonchev–Trinajstić information content (AvgIpc) is 3.01. The van der Waals surface area contributed by atoms with Gasteiger partial charge >= 0.3 is 0 Å². The van der Waals surface area contributed by atoms with Gasteiger partial charge in [0.1, 0.15) is 16.8 Å². The number of nitrogens with zero attached hydrogens (tertiary/aromatic N) is 7. The van der Waals surface area contributed by atoms with Crippen molar-refractivity contribution in [2.24, 2.45) is 0 Å². The molecular formula is C32H56ClN9. The van der Waals surface area contributed by atoms with Crippen LogP contribution in [0.2, 0.25) is 5.15 Å². The first-order valence-electron chi connectivity index (χ1n) is 13.8. The molecule has 236 valence electrons. The predicted molar refractivity (Wildman–Crippen MR) is 183 cm³/mol. The second-order valence-electron chi connectivity index (χ2n) is 9.61. The van der Waals surface area contributed by atoms with Crippen LogP contribution in [0, 0.1) is 0 Å². The van der Waals surface area contributed by atoms with Gasteiger partial charge in [-0.15, -0.1) is 0 Å². The topological polar surface area (TPSA) is 75.7 Å². The summed E-state index contributed by atoms with van der Waals surface area (Å²) in [6.07, 6.45) is 5.35. The lowest BCUT2D eigenvalue weighted by Crippen LogP contribution is -2.44. The van der Waals surface area contributed by atoms with E-state index in [1.54, 1.807) is 12.3 Å². The Morgan fingerprint density at radius 3 is 1.26 bits per heavy atom. The van der Waals surface area contributed by atoms with Crippen molar-refractivity contribution in [2.75, 3.05) is 102 Å². The SMILES string of the molecule is C.C.C.CN1CCN(c2ccccn2)CC1.CN1CCNCC1.Clc1ccccn1.c1ccc(N2CCNCC2)nc1. The fourth-order valence-electron chi connectivity index (χ4n) is 4.13. The van der Waals surface area contributed by atoms with Crippen LogP contribution in [0.1, 0.15) is 22.3 Å². The zero-order chi connectivity index (χ0) is 27.5. The molecule has 3 aromatic rings. The van der Waals surface area contributed by atoms with Gasteiger partial charge < -0.3 is 30.2 Å². The summed E-state index contributed by atoms with van der Waals surface area (Å²) < 4.78 is 0. The summed E-state index contributed by atoms with van der Waals surface area (Å²) in [5.41, 5.74) is 0. The first kappa shape index (κ1) is 39.2. The van der Waals surface area contributed by atoms with E-state index >= 15 is 0 Å². The lowest BCUT2D eigenvalue weighted by molar-refractivity contribution is 0.291. The highest BCUT2D eigenvalue weighted by atomic mass is 35.5. The highest BCUT2D eigenvalue weighted by molar-refractivity contribution is 6.29. The van der Waals surface area contributed by atoms with E-state index in [9.17, 15) is 0 Å². The molecule has 6 heterocycles. The predicted octanol–water partition coefficient (Wildman–Crippen LogP) is 4.49. The Balaban J connectivity index is 0.000000540. The van der Waals surface area contributed by atoms with Crippen LogP contribution in [0.25, 0.3) is 0 Å². The van der Waals surface area contributed by atoms with Crippen molar-refractivity contribution in [3.63, 3.8) is 0 Å². The van der Waals surface area contributed by atoms with Crippen molar-refractivity contribution >= 4 is 23.2 Å². The molecule has 0 radical (unpaired) electrons. The largest absolute Gasteiger partial charge is 0.354 e. The summed E-state index contributed by atoms with van der Waals surface area (Å²) in [6.45, 7) is 13.5. The second kappa shape index (κ2) is 23.7. The molecule has 10 heteroatoms. The molecule has 0 aliphatic carbocycles. The van der Waals surface area contributed by atoms with Crippen molar-refractivity contribution < 1.29 is 0 Å². The van der Waals surface area contributed by atoms with Crippen molar-refractivity contribution in [3.8, 4) is 0 Å². The Bertz CT molecular complexity index is 979. The minimum absolute atomic E-state index is 0. The number of anilines is 2. The lowest BCUT2D eigenvalue weighted by atomic mass is 10.3. The smallest absolute Gasteiger partial charge is 0.129 e. The van der Waals surface area contributed by atoms with Gasteiger partial charge in [0, 0.05) is 97.1 Å². The Kier molecular flexibility index (Phi) is 22.1. The third kappa shape index (κ3) is 16.0. The van der Waals surface area contributed by atoms with Gasteiger partial charge in [-0.2, -0.15) is 0 Å². The number of likely N-dealkylation sites (N-methyl/N-ethyl adjacent to an activating group) is 2. The molecule has 0 aromatic carbocycles. The van der Waals surface area contributed by atoms with E-state index in [0.717, 1.165) is 77.1 Å². The van der Waals surface area contributed by atoms with Crippen LogP contribution < -0.4 is 20.4 Å². The molecule has 0 saturated carbocycles. The second-order valence-corrected chi connectivity index (χ2v) is 10.00. The van der Waals surface area contributed by atoms with E-state index in [1.807, 2.05) is 48.8 Å².